The second-order valence-electron chi connectivity index (χ2n) is 6.12. The van der Waals surface area contributed by atoms with Crippen molar-refractivity contribution in [1.82, 2.24) is 14.5 Å². The first-order valence-electron chi connectivity index (χ1n) is 8.13. The highest BCUT2D eigenvalue weighted by Gasteiger charge is 2.25. The molecule has 8 heteroatoms. The summed E-state index contributed by atoms with van der Waals surface area (Å²) in [4.78, 5) is 12.0. The Kier molecular flexibility index (Phi) is 4.91. The molecule has 2 aromatic rings. The van der Waals surface area contributed by atoms with Gasteiger partial charge >= 0.3 is 0 Å². The predicted molar refractivity (Wildman–Crippen MR) is 93.4 cm³/mol. The van der Waals surface area contributed by atoms with E-state index in [0.717, 1.165) is 24.1 Å². The molecule has 134 valence electrons. The number of aryl methyl sites for hydroxylation is 1. The largest absolute Gasteiger partial charge is 0.496 e. The molecule has 1 aromatic heterocycles. The molecule has 0 aliphatic heterocycles. The fourth-order valence-corrected chi connectivity index (χ4v) is 3.71. The van der Waals surface area contributed by atoms with Crippen molar-refractivity contribution in [3.63, 3.8) is 0 Å². The minimum Gasteiger partial charge on any atom is -0.496 e. The number of aromatic nitrogens is 2. The molecule has 0 unspecified atom stereocenters. The highest BCUT2D eigenvalue weighted by molar-refractivity contribution is 7.89. The minimum atomic E-state index is -3.65. The molecule has 25 heavy (non-hydrogen) atoms. The molecule has 0 bridgehead atoms. The summed E-state index contributed by atoms with van der Waals surface area (Å²) in [6, 6.07) is 7.91. The molecule has 1 heterocycles. The quantitative estimate of drug-likeness (QED) is 0.803. The zero-order valence-electron chi connectivity index (χ0n) is 14.2. The molecule has 0 saturated heterocycles. The van der Waals surface area contributed by atoms with Crippen molar-refractivity contribution in [3.05, 3.63) is 51.9 Å². The van der Waals surface area contributed by atoms with Gasteiger partial charge in [0.1, 0.15) is 5.75 Å². The molecule has 0 radical (unpaired) electrons. The van der Waals surface area contributed by atoms with Crippen LogP contribution in [0.15, 0.2) is 40.0 Å². The van der Waals surface area contributed by atoms with E-state index in [2.05, 4.69) is 9.82 Å². The molecule has 0 atom stereocenters. The van der Waals surface area contributed by atoms with Gasteiger partial charge in [0.05, 0.1) is 24.2 Å². The summed E-state index contributed by atoms with van der Waals surface area (Å²) < 4.78 is 33.7. The lowest BCUT2D eigenvalue weighted by Gasteiger charge is -2.10. The number of ether oxygens (including phenoxy) is 1. The summed E-state index contributed by atoms with van der Waals surface area (Å²) in [5.41, 5.74) is 1.40. The monoisotopic (exact) mass is 363 g/mol. The van der Waals surface area contributed by atoms with Gasteiger partial charge < -0.3 is 4.74 Å². The van der Waals surface area contributed by atoms with Crippen LogP contribution in [0.1, 0.15) is 30.0 Å². The van der Waals surface area contributed by atoms with Crippen LogP contribution >= 0.6 is 0 Å². The van der Waals surface area contributed by atoms with E-state index in [1.807, 2.05) is 0 Å². The van der Waals surface area contributed by atoms with Crippen molar-refractivity contribution in [2.45, 2.75) is 37.1 Å². The van der Waals surface area contributed by atoms with E-state index in [9.17, 15) is 13.2 Å². The van der Waals surface area contributed by atoms with Gasteiger partial charge in [0.2, 0.25) is 10.0 Å². The maximum atomic E-state index is 12.4. The topological polar surface area (TPSA) is 90.3 Å². The van der Waals surface area contributed by atoms with Gasteiger partial charge in [-0.1, -0.05) is 0 Å². The summed E-state index contributed by atoms with van der Waals surface area (Å²) in [6.07, 6.45) is 2.18. The summed E-state index contributed by atoms with van der Waals surface area (Å²) in [6.45, 7) is 2.06. The molecule has 1 N–H and O–H groups in total. The van der Waals surface area contributed by atoms with Crippen LogP contribution in [0.2, 0.25) is 0 Å². The van der Waals surface area contributed by atoms with Gasteiger partial charge in [0.25, 0.3) is 5.56 Å². The molecule has 0 amide bonds. The lowest BCUT2D eigenvalue weighted by molar-refractivity contribution is 0.411. The van der Waals surface area contributed by atoms with Gasteiger partial charge in [-0.15, -0.1) is 0 Å². The number of rotatable bonds is 7. The van der Waals surface area contributed by atoms with Crippen molar-refractivity contribution in [1.29, 1.82) is 0 Å². The molecule has 1 aromatic carbocycles. The average molecular weight is 363 g/mol. The summed E-state index contributed by atoms with van der Waals surface area (Å²) in [5.74, 6) is 1.07. The number of sulfonamides is 1. The minimum absolute atomic E-state index is 0.0917. The Balaban J connectivity index is 1.67. The van der Waals surface area contributed by atoms with Gasteiger partial charge in [0.15, 0.2) is 0 Å². The SMILES string of the molecule is COc1ccc(S(=O)(=O)NCCn2nc(C3CC3)ccc2=O)cc1C. The van der Waals surface area contributed by atoms with E-state index < -0.39 is 10.0 Å². The van der Waals surface area contributed by atoms with E-state index in [4.69, 9.17) is 4.74 Å². The van der Waals surface area contributed by atoms with Crippen LogP contribution in [-0.4, -0.2) is 31.9 Å². The van der Waals surface area contributed by atoms with Crippen LogP contribution in [0, 0.1) is 6.92 Å². The molecule has 3 rings (SSSR count). The molecule has 1 fully saturated rings. The van der Waals surface area contributed by atoms with Crippen LogP contribution in [-0.2, 0) is 16.6 Å². The Morgan fingerprint density at radius 2 is 2.04 bits per heavy atom. The van der Waals surface area contributed by atoms with Gasteiger partial charge in [-0.25, -0.2) is 17.8 Å². The smallest absolute Gasteiger partial charge is 0.266 e. The van der Waals surface area contributed by atoms with Crippen molar-refractivity contribution in [2.24, 2.45) is 0 Å². The lowest BCUT2D eigenvalue weighted by atomic mass is 10.2. The average Bonchev–Trinajstić information content (AvgIpc) is 3.41. The molecule has 0 spiro atoms. The van der Waals surface area contributed by atoms with Crippen molar-refractivity contribution in [2.75, 3.05) is 13.7 Å². The van der Waals surface area contributed by atoms with Gasteiger partial charge in [0, 0.05) is 18.5 Å². The molecule has 7 nitrogen and oxygen atoms in total. The van der Waals surface area contributed by atoms with E-state index in [1.165, 1.54) is 23.9 Å². The first-order chi connectivity index (χ1) is 11.9. The van der Waals surface area contributed by atoms with Crippen molar-refractivity contribution >= 4 is 10.0 Å². The molecule has 1 saturated carbocycles. The summed E-state index contributed by atoms with van der Waals surface area (Å²) >= 11 is 0. The Labute approximate surface area is 146 Å². The van der Waals surface area contributed by atoms with E-state index in [-0.39, 0.29) is 23.5 Å². The number of methoxy groups -OCH3 is 1. The second kappa shape index (κ2) is 6.97. The fraction of sp³-hybridized carbons (Fsp3) is 0.412. The number of nitrogens with zero attached hydrogens (tertiary/aromatic N) is 2. The lowest BCUT2D eigenvalue weighted by Crippen LogP contribution is -2.32. The maximum absolute atomic E-state index is 12.4. The fourth-order valence-electron chi connectivity index (χ4n) is 2.61. The Hall–Kier alpha value is -2.19. The first-order valence-corrected chi connectivity index (χ1v) is 9.61. The normalized spacial score (nSPS) is 14.5. The third kappa shape index (κ3) is 4.08. The number of hydrogen-bond donors (Lipinski definition) is 1. The first kappa shape index (κ1) is 17.6. The highest BCUT2D eigenvalue weighted by atomic mass is 32.2. The van der Waals surface area contributed by atoms with Crippen LogP contribution in [0.3, 0.4) is 0 Å². The molecule has 1 aliphatic carbocycles. The van der Waals surface area contributed by atoms with Gasteiger partial charge in [-0.3, -0.25) is 4.79 Å². The standard InChI is InChI=1S/C17H21N3O4S/c1-12-11-14(5-7-16(12)24-2)25(22,23)18-9-10-20-17(21)8-6-15(19-20)13-3-4-13/h5-8,11,13,18H,3-4,9-10H2,1-2H3. The van der Waals surface area contributed by atoms with E-state index in [1.54, 1.807) is 25.1 Å². The Morgan fingerprint density at radius 3 is 2.68 bits per heavy atom. The van der Waals surface area contributed by atoms with Gasteiger partial charge in [-0.2, -0.15) is 5.10 Å². The number of nitrogens with one attached hydrogen (secondary N) is 1. The Bertz CT molecular complexity index is 933. The van der Waals surface area contributed by atoms with Crippen molar-refractivity contribution < 1.29 is 13.2 Å². The van der Waals surface area contributed by atoms with E-state index >= 15 is 0 Å². The summed E-state index contributed by atoms with van der Waals surface area (Å²) in [5, 5.41) is 4.32. The number of benzene rings is 1. The van der Waals surface area contributed by atoms with Crippen LogP contribution < -0.4 is 15.0 Å². The van der Waals surface area contributed by atoms with Crippen LogP contribution in [0.5, 0.6) is 5.75 Å². The van der Waals surface area contributed by atoms with Crippen LogP contribution in [0.4, 0.5) is 0 Å². The van der Waals surface area contributed by atoms with E-state index in [0.29, 0.717) is 11.7 Å². The Morgan fingerprint density at radius 1 is 1.28 bits per heavy atom. The van der Waals surface area contributed by atoms with Crippen molar-refractivity contribution in [3.8, 4) is 5.75 Å². The number of hydrogen-bond acceptors (Lipinski definition) is 5. The third-order valence-electron chi connectivity index (χ3n) is 4.18. The molecular formula is C17H21N3O4S. The second-order valence-corrected chi connectivity index (χ2v) is 7.89. The zero-order valence-corrected chi connectivity index (χ0v) is 15.0. The van der Waals surface area contributed by atoms with Crippen LogP contribution in [0.25, 0.3) is 0 Å². The van der Waals surface area contributed by atoms with Gasteiger partial charge in [-0.05, 0) is 49.6 Å². The molecular weight excluding hydrogens is 342 g/mol. The maximum Gasteiger partial charge on any atom is 0.266 e. The summed E-state index contributed by atoms with van der Waals surface area (Å²) in [7, 11) is -2.12. The molecule has 1 aliphatic rings. The zero-order chi connectivity index (χ0) is 18.0. The third-order valence-corrected chi connectivity index (χ3v) is 5.63. The highest BCUT2D eigenvalue weighted by Crippen LogP contribution is 2.38. The predicted octanol–water partition coefficient (Wildman–Crippen LogP) is 1.42.